The summed E-state index contributed by atoms with van der Waals surface area (Å²) >= 11 is 0. The summed E-state index contributed by atoms with van der Waals surface area (Å²) in [5.74, 6) is -0.670. The average Bonchev–Trinajstić information content (AvgIpc) is 3.59. The second-order valence-corrected chi connectivity index (χ2v) is 14.3. The van der Waals surface area contributed by atoms with E-state index >= 15 is 0 Å². The largest absolute Gasteiger partial charge is 0.465 e. The fourth-order valence-corrected chi connectivity index (χ4v) is 8.28. The van der Waals surface area contributed by atoms with E-state index in [2.05, 4.69) is 20.4 Å². The van der Waals surface area contributed by atoms with E-state index in [1.54, 1.807) is 6.20 Å². The zero-order valence-electron chi connectivity index (χ0n) is 28.2. The van der Waals surface area contributed by atoms with Crippen LogP contribution in [0, 0.1) is 18.3 Å². The third-order valence-corrected chi connectivity index (χ3v) is 10.4. The van der Waals surface area contributed by atoms with E-state index in [4.69, 9.17) is 0 Å². The number of aryl methyl sites for hydroxylation is 1. The summed E-state index contributed by atoms with van der Waals surface area (Å²) in [4.78, 5) is 30.8. The van der Waals surface area contributed by atoms with Crippen LogP contribution in [-0.2, 0) is 16.5 Å². The SMILES string of the molecule is Cc1ccc(NC(=O)[C@H]2CCCN(C(=O)O)[C@@]2(c2ccc(N(c3nncc4ccccc34)C3CCCC3)cc2)C(C)(C)C)cc1C(F)(F)F. The molecule has 258 valence electrons. The van der Waals surface area contributed by atoms with Crippen LogP contribution in [0.15, 0.2) is 72.9 Å². The first kappa shape index (κ1) is 34.2. The van der Waals surface area contributed by atoms with Crippen LogP contribution in [0.25, 0.3) is 10.8 Å². The first-order valence-electron chi connectivity index (χ1n) is 16.8. The maximum Gasteiger partial charge on any atom is 0.416 e. The molecule has 8 nitrogen and oxygen atoms in total. The predicted molar refractivity (Wildman–Crippen MR) is 184 cm³/mol. The number of alkyl halides is 3. The van der Waals surface area contributed by atoms with Crippen molar-refractivity contribution in [3.63, 3.8) is 0 Å². The van der Waals surface area contributed by atoms with Gasteiger partial charge in [-0.15, -0.1) is 5.10 Å². The number of likely N-dealkylation sites (tertiary alicyclic amines) is 1. The lowest BCUT2D eigenvalue weighted by Gasteiger charge is -2.57. The van der Waals surface area contributed by atoms with E-state index in [0.717, 1.165) is 54.0 Å². The number of carbonyl (C=O) groups is 2. The molecule has 2 atom stereocenters. The molecule has 11 heteroatoms. The zero-order valence-corrected chi connectivity index (χ0v) is 28.2. The van der Waals surface area contributed by atoms with Crippen molar-refractivity contribution in [1.29, 1.82) is 0 Å². The second kappa shape index (κ2) is 13.0. The number of benzene rings is 3. The highest BCUT2D eigenvalue weighted by atomic mass is 19.4. The highest BCUT2D eigenvalue weighted by Gasteiger charge is 2.59. The number of fused-ring (bicyclic) bond motifs is 1. The number of halogens is 3. The van der Waals surface area contributed by atoms with E-state index in [1.165, 1.54) is 24.0 Å². The topological polar surface area (TPSA) is 98.7 Å². The van der Waals surface area contributed by atoms with Crippen LogP contribution in [0.3, 0.4) is 0 Å². The van der Waals surface area contributed by atoms with Gasteiger partial charge >= 0.3 is 12.3 Å². The first-order chi connectivity index (χ1) is 23.2. The summed E-state index contributed by atoms with van der Waals surface area (Å²) in [7, 11) is 0. The molecule has 2 amide bonds. The Morgan fingerprint density at radius 2 is 1.65 bits per heavy atom. The third-order valence-electron chi connectivity index (χ3n) is 10.4. The van der Waals surface area contributed by atoms with Gasteiger partial charge in [-0.3, -0.25) is 9.69 Å². The van der Waals surface area contributed by atoms with Crippen LogP contribution in [0.1, 0.15) is 76.0 Å². The minimum atomic E-state index is -4.59. The molecular formula is C38H42F3N5O3. The van der Waals surface area contributed by atoms with E-state index in [1.807, 2.05) is 69.3 Å². The fourth-order valence-electron chi connectivity index (χ4n) is 8.28. The van der Waals surface area contributed by atoms with Crippen LogP contribution in [0.2, 0.25) is 0 Å². The average molecular weight is 674 g/mol. The van der Waals surface area contributed by atoms with E-state index in [0.29, 0.717) is 18.4 Å². The van der Waals surface area contributed by atoms with Gasteiger partial charge in [0.05, 0.1) is 23.2 Å². The second-order valence-electron chi connectivity index (χ2n) is 14.3. The number of hydrogen-bond donors (Lipinski definition) is 2. The number of nitrogens with one attached hydrogen (secondary N) is 1. The molecule has 1 saturated heterocycles. The van der Waals surface area contributed by atoms with Gasteiger partial charge in [0.15, 0.2) is 5.82 Å². The van der Waals surface area contributed by atoms with Crippen molar-refractivity contribution in [2.45, 2.75) is 84.0 Å². The van der Waals surface area contributed by atoms with Gasteiger partial charge in [0.2, 0.25) is 5.91 Å². The number of hydrogen-bond acceptors (Lipinski definition) is 5. The van der Waals surface area contributed by atoms with Crippen molar-refractivity contribution in [2.24, 2.45) is 11.3 Å². The van der Waals surface area contributed by atoms with Crippen molar-refractivity contribution in [1.82, 2.24) is 15.1 Å². The molecule has 2 aliphatic rings. The number of amides is 2. The highest BCUT2D eigenvalue weighted by Crippen LogP contribution is 2.54. The van der Waals surface area contributed by atoms with Gasteiger partial charge < -0.3 is 15.3 Å². The van der Waals surface area contributed by atoms with Crippen molar-refractivity contribution in [3.05, 3.63) is 89.6 Å². The van der Waals surface area contributed by atoms with Gasteiger partial charge in [0.25, 0.3) is 0 Å². The van der Waals surface area contributed by atoms with Crippen LogP contribution in [0.4, 0.5) is 35.2 Å². The lowest BCUT2D eigenvalue weighted by molar-refractivity contribution is -0.138. The summed E-state index contributed by atoms with van der Waals surface area (Å²) in [5, 5.41) is 24.2. The normalized spacial score (nSPS) is 20.4. The molecule has 6 rings (SSSR count). The van der Waals surface area contributed by atoms with E-state index in [-0.39, 0.29) is 23.8 Å². The number of aromatic nitrogens is 2. The van der Waals surface area contributed by atoms with Crippen molar-refractivity contribution >= 4 is 40.0 Å². The smallest absolute Gasteiger partial charge is 0.416 e. The van der Waals surface area contributed by atoms with Crippen LogP contribution >= 0.6 is 0 Å². The quantitative estimate of drug-likeness (QED) is 0.212. The zero-order chi connectivity index (χ0) is 35.1. The van der Waals surface area contributed by atoms with Crippen LogP contribution in [0.5, 0.6) is 0 Å². The molecule has 49 heavy (non-hydrogen) atoms. The molecule has 0 spiro atoms. The molecule has 1 aliphatic carbocycles. The first-order valence-corrected chi connectivity index (χ1v) is 16.8. The molecule has 3 aromatic carbocycles. The Labute approximate surface area is 284 Å². The van der Waals surface area contributed by atoms with Crippen LogP contribution in [-0.4, -0.2) is 44.8 Å². The van der Waals surface area contributed by atoms with Crippen LogP contribution < -0.4 is 10.2 Å². The highest BCUT2D eigenvalue weighted by molar-refractivity contribution is 5.95. The van der Waals surface area contributed by atoms with E-state index in [9.17, 15) is 27.9 Å². The monoisotopic (exact) mass is 673 g/mol. The van der Waals surface area contributed by atoms with Crippen molar-refractivity contribution in [3.8, 4) is 0 Å². The Kier molecular flexibility index (Phi) is 9.06. The summed E-state index contributed by atoms with van der Waals surface area (Å²) < 4.78 is 41.2. The molecule has 2 fully saturated rings. The Bertz CT molecular complexity index is 1850. The maximum atomic E-state index is 14.2. The standard InChI is InChI=1S/C38H42F3N5O3/c1-24-15-18-27(22-32(24)38(39,40)41)43-34(47)31-14-9-21-45(35(48)49)37(31,36(2,3)4)26-16-19-29(20-17-26)46(28-11-6-7-12-28)33-30-13-8-5-10-25(30)23-42-44-33/h5,8,10,13,15-20,22-23,28,31H,6-7,9,11-12,14,21H2,1-4H3,(H,43,47)(H,48,49)/t31-,37-/m1/s1. The molecule has 1 saturated carbocycles. The summed E-state index contributed by atoms with van der Waals surface area (Å²) in [6.45, 7) is 7.31. The summed E-state index contributed by atoms with van der Waals surface area (Å²) in [6.07, 6.45) is 0.952. The summed E-state index contributed by atoms with van der Waals surface area (Å²) in [5.41, 5.74) is -1.39. The minimum Gasteiger partial charge on any atom is -0.465 e. The van der Waals surface area contributed by atoms with Gasteiger partial charge in [0.1, 0.15) is 0 Å². The number of carboxylic acid groups (broad SMARTS) is 1. The number of rotatable bonds is 6. The number of nitrogens with zero attached hydrogens (tertiary/aromatic N) is 4. The number of carbonyl (C=O) groups excluding carboxylic acids is 1. The minimum absolute atomic E-state index is 0.0110. The Morgan fingerprint density at radius 1 is 0.959 bits per heavy atom. The maximum absolute atomic E-state index is 14.2. The number of piperidine rings is 1. The summed E-state index contributed by atoms with van der Waals surface area (Å²) in [6, 6.07) is 19.6. The fraction of sp³-hybridized carbons (Fsp3) is 0.421. The Hall–Kier alpha value is -4.67. The Balaban J connectivity index is 1.45. The van der Waals surface area contributed by atoms with Gasteiger partial charge in [-0.05, 0) is 73.4 Å². The third kappa shape index (κ3) is 6.19. The molecule has 2 N–H and O–H groups in total. The lowest BCUT2D eigenvalue weighted by Crippen LogP contribution is -2.65. The van der Waals surface area contributed by atoms with Gasteiger partial charge in [-0.1, -0.05) is 76.1 Å². The molecule has 0 unspecified atom stereocenters. The molecular weight excluding hydrogens is 631 g/mol. The van der Waals surface area contributed by atoms with Gasteiger partial charge in [0, 0.05) is 34.7 Å². The Morgan fingerprint density at radius 3 is 2.31 bits per heavy atom. The number of anilines is 3. The molecule has 4 aromatic rings. The van der Waals surface area contributed by atoms with Crippen molar-refractivity contribution in [2.75, 3.05) is 16.8 Å². The molecule has 1 aliphatic heterocycles. The lowest BCUT2D eigenvalue weighted by atomic mass is 9.58. The van der Waals surface area contributed by atoms with Gasteiger partial charge in [-0.25, -0.2) is 4.79 Å². The van der Waals surface area contributed by atoms with Crippen molar-refractivity contribution < 1.29 is 27.9 Å². The molecule has 2 heterocycles. The molecule has 0 radical (unpaired) electrons. The predicted octanol–water partition coefficient (Wildman–Crippen LogP) is 9.31. The molecule has 1 aromatic heterocycles. The van der Waals surface area contributed by atoms with Gasteiger partial charge in [-0.2, -0.15) is 18.3 Å². The van der Waals surface area contributed by atoms with E-state index < -0.39 is 40.6 Å². The molecule has 0 bridgehead atoms.